The molecule has 2 amide bonds. The van der Waals surface area contributed by atoms with E-state index in [1.807, 2.05) is 12.1 Å². The average Bonchev–Trinajstić information content (AvgIpc) is 3.04. The first-order valence-electron chi connectivity index (χ1n) is 6.14. The number of benzene rings is 1. The number of hydrazine groups is 3. The summed E-state index contributed by atoms with van der Waals surface area (Å²) >= 11 is 5.84. The van der Waals surface area contributed by atoms with Gasteiger partial charge in [-0.05, 0) is 24.3 Å². The molecule has 1 fully saturated rings. The first-order chi connectivity index (χ1) is 10.1. The number of carbonyl (C=O) groups is 1. The van der Waals surface area contributed by atoms with Crippen LogP contribution in [0.15, 0.2) is 36.5 Å². The van der Waals surface area contributed by atoms with Gasteiger partial charge in [0.15, 0.2) is 6.73 Å². The largest absolute Gasteiger partial charge is 0.454 e. The Morgan fingerprint density at radius 3 is 2.71 bits per heavy atom. The molecule has 0 spiro atoms. The summed E-state index contributed by atoms with van der Waals surface area (Å²) in [5.41, 5.74) is 6.15. The molecule has 0 atom stereocenters. The number of nitrogens with one attached hydrogen (secondary N) is 2. The number of nitrogens with zero attached hydrogens (tertiary/aromatic N) is 4. The van der Waals surface area contributed by atoms with Gasteiger partial charge in [-0.15, -0.1) is 15.8 Å². The fourth-order valence-corrected chi connectivity index (χ4v) is 1.92. The number of ether oxygens (including phenoxy) is 1. The highest BCUT2D eigenvalue weighted by Gasteiger charge is 2.24. The molecular weight excluding hydrogens is 296 g/mol. The molecule has 1 aromatic carbocycles. The van der Waals surface area contributed by atoms with Gasteiger partial charge in [0.2, 0.25) is 5.88 Å². The first kappa shape index (κ1) is 13.7. The summed E-state index contributed by atoms with van der Waals surface area (Å²) in [5, 5.41) is 7.64. The van der Waals surface area contributed by atoms with Gasteiger partial charge in [0, 0.05) is 24.3 Å². The van der Waals surface area contributed by atoms with E-state index in [0.29, 0.717) is 10.9 Å². The standard InChI is InChI=1S/C12H13ClN6O2/c1-17-15-12(20)19(16-17)8-21-11-6-7-18(14-11)10-4-2-9(13)3-5-10/h2-7,16H,8H2,1H3,(H,15,20). The van der Waals surface area contributed by atoms with Gasteiger partial charge in [0.05, 0.1) is 5.69 Å². The molecule has 0 saturated carbocycles. The molecule has 0 unspecified atom stereocenters. The average molecular weight is 309 g/mol. The lowest BCUT2D eigenvalue weighted by Crippen LogP contribution is -2.41. The lowest BCUT2D eigenvalue weighted by Gasteiger charge is -2.13. The number of urea groups is 1. The molecule has 1 saturated heterocycles. The van der Waals surface area contributed by atoms with Gasteiger partial charge >= 0.3 is 6.03 Å². The number of hydrogen-bond acceptors (Lipinski definition) is 5. The van der Waals surface area contributed by atoms with Crippen molar-refractivity contribution in [1.29, 1.82) is 0 Å². The number of aromatic nitrogens is 2. The van der Waals surface area contributed by atoms with Gasteiger partial charge < -0.3 is 4.74 Å². The van der Waals surface area contributed by atoms with Crippen molar-refractivity contribution in [2.45, 2.75) is 0 Å². The second kappa shape index (κ2) is 5.60. The summed E-state index contributed by atoms with van der Waals surface area (Å²) in [4.78, 5) is 11.5. The van der Waals surface area contributed by atoms with E-state index in [0.717, 1.165) is 5.69 Å². The number of amides is 2. The van der Waals surface area contributed by atoms with Crippen LogP contribution in [-0.2, 0) is 0 Å². The van der Waals surface area contributed by atoms with E-state index < -0.39 is 0 Å². The molecular formula is C12H13ClN6O2. The zero-order valence-corrected chi connectivity index (χ0v) is 11.9. The summed E-state index contributed by atoms with van der Waals surface area (Å²) in [6.07, 6.45) is 1.77. The predicted octanol–water partition coefficient (Wildman–Crippen LogP) is 1.15. The number of rotatable bonds is 4. The summed E-state index contributed by atoms with van der Waals surface area (Å²) in [7, 11) is 1.67. The molecule has 0 radical (unpaired) electrons. The Labute approximate surface area is 125 Å². The maximum atomic E-state index is 11.5. The Hall–Kier alpha value is -2.29. The molecule has 2 N–H and O–H groups in total. The van der Waals surface area contributed by atoms with Crippen LogP contribution >= 0.6 is 11.6 Å². The Kier molecular flexibility index (Phi) is 3.65. The van der Waals surface area contributed by atoms with Gasteiger partial charge in [0.1, 0.15) is 0 Å². The molecule has 0 aliphatic carbocycles. The fourth-order valence-electron chi connectivity index (χ4n) is 1.80. The van der Waals surface area contributed by atoms with E-state index >= 15 is 0 Å². The molecule has 2 heterocycles. The smallest absolute Gasteiger partial charge is 0.351 e. The normalized spacial score (nSPS) is 15.3. The molecule has 9 heteroatoms. The lowest BCUT2D eigenvalue weighted by molar-refractivity contribution is 0.0677. The van der Waals surface area contributed by atoms with Gasteiger partial charge in [-0.1, -0.05) is 11.6 Å². The SMILES string of the molecule is CN1NC(=O)N(COc2ccn(-c3ccc(Cl)cc3)n2)N1. The molecule has 21 heavy (non-hydrogen) atoms. The van der Waals surface area contributed by atoms with Crippen LogP contribution in [0.5, 0.6) is 5.88 Å². The summed E-state index contributed by atoms with van der Waals surface area (Å²) in [6, 6.07) is 8.69. The van der Waals surface area contributed by atoms with Crippen molar-refractivity contribution in [2.24, 2.45) is 0 Å². The highest BCUT2D eigenvalue weighted by Crippen LogP contribution is 2.15. The van der Waals surface area contributed by atoms with E-state index in [9.17, 15) is 4.79 Å². The fraction of sp³-hybridized carbons (Fsp3) is 0.167. The third-order valence-electron chi connectivity index (χ3n) is 2.78. The lowest BCUT2D eigenvalue weighted by atomic mass is 10.3. The van der Waals surface area contributed by atoms with Gasteiger partial charge in [0.25, 0.3) is 0 Å². The Balaban J connectivity index is 1.63. The van der Waals surface area contributed by atoms with Crippen LogP contribution in [-0.4, -0.2) is 39.7 Å². The van der Waals surface area contributed by atoms with Crippen LogP contribution in [0.25, 0.3) is 5.69 Å². The minimum atomic E-state index is -0.297. The van der Waals surface area contributed by atoms with Crippen molar-refractivity contribution in [3.63, 3.8) is 0 Å². The zero-order chi connectivity index (χ0) is 14.8. The Bertz CT molecular complexity index is 643. The highest BCUT2D eigenvalue weighted by molar-refractivity contribution is 6.30. The molecule has 110 valence electrons. The third-order valence-corrected chi connectivity index (χ3v) is 3.03. The third kappa shape index (κ3) is 3.07. The molecule has 1 aliphatic heterocycles. The molecule has 1 aromatic heterocycles. The molecule has 8 nitrogen and oxygen atoms in total. The molecule has 2 aromatic rings. The van der Waals surface area contributed by atoms with E-state index in [-0.39, 0.29) is 12.8 Å². The topological polar surface area (TPSA) is 74.7 Å². The summed E-state index contributed by atoms with van der Waals surface area (Å²) < 4.78 is 7.11. The van der Waals surface area contributed by atoms with Crippen LogP contribution in [0.2, 0.25) is 5.02 Å². The van der Waals surface area contributed by atoms with Crippen LogP contribution in [0.3, 0.4) is 0 Å². The van der Waals surface area contributed by atoms with Crippen LogP contribution < -0.4 is 15.7 Å². The quantitative estimate of drug-likeness (QED) is 0.886. The highest BCUT2D eigenvalue weighted by atomic mass is 35.5. The van der Waals surface area contributed by atoms with E-state index in [1.54, 1.807) is 36.1 Å². The van der Waals surface area contributed by atoms with Crippen LogP contribution in [0, 0.1) is 0 Å². The van der Waals surface area contributed by atoms with Crippen molar-refractivity contribution in [3.05, 3.63) is 41.6 Å². The zero-order valence-electron chi connectivity index (χ0n) is 11.2. The van der Waals surface area contributed by atoms with Crippen molar-refractivity contribution < 1.29 is 9.53 Å². The van der Waals surface area contributed by atoms with Crippen molar-refractivity contribution in [1.82, 2.24) is 30.9 Å². The second-order valence-corrected chi connectivity index (χ2v) is 4.79. The predicted molar refractivity (Wildman–Crippen MR) is 75.3 cm³/mol. The Morgan fingerprint density at radius 2 is 2.05 bits per heavy atom. The number of carbonyl (C=O) groups excluding carboxylic acids is 1. The van der Waals surface area contributed by atoms with Crippen LogP contribution in [0.1, 0.15) is 0 Å². The minimum Gasteiger partial charge on any atom is -0.454 e. The number of hydrogen-bond donors (Lipinski definition) is 2. The first-order valence-corrected chi connectivity index (χ1v) is 6.52. The second-order valence-electron chi connectivity index (χ2n) is 4.35. The Morgan fingerprint density at radius 1 is 1.29 bits per heavy atom. The van der Waals surface area contributed by atoms with Gasteiger partial charge in [-0.3, -0.25) is 5.43 Å². The van der Waals surface area contributed by atoms with E-state index in [4.69, 9.17) is 16.3 Å². The summed E-state index contributed by atoms with van der Waals surface area (Å²) in [5.74, 6) is 0.411. The maximum absolute atomic E-state index is 11.5. The van der Waals surface area contributed by atoms with Crippen molar-refractivity contribution in [3.8, 4) is 11.6 Å². The van der Waals surface area contributed by atoms with Gasteiger partial charge in [-0.2, -0.15) is 0 Å². The molecule has 3 rings (SSSR count). The molecule has 1 aliphatic rings. The summed E-state index contributed by atoms with van der Waals surface area (Å²) in [6.45, 7) is 0.0355. The van der Waals surface area contributed by atoms with Crippen molar-refractivity contribution in [2.75, 3.05) is 13.8 Å². The molecule has 0 bridgehead atoms. The maximum Gasteiger partial charge on any atom is 0.351 e. The minimum absolute atomic E-state index is 0.0355. The van der Waals surface area contributed by atoms with Gasteiger partial charge in [-0.25, -0.2) is 14.5 Å². The van der Waals surface area contributed by atoms with Crippen molar-refractivity contribution >= 4 is 17.6 Å². The number of halogens is 1. The van der Waals surface area contributed by atoms with E-state index in [2.05, 4.69) is 16.1 Å². The monoisotopic (exact) mass is 308 g/mol. The van der Waals surface area contributed by atoms with E-state index in [1.165, 1.54) is 10.1 Å². The van der Waals surface area contributed by atoms with Crippen LogP contribution in [0.4, 0.5) is 4.79 Å².